The molecular weight excluding hydrogens is 412 g/mol. The van der Waals surface area contributed by atoms with Gasteiger partial charge in [0.05, 0.1) is 12.1 Å². The number of halogens is 1. The standard InChI is InChI=1S/C15H15BrN4O4S/c1-9-14(10(2)24-19-9)25(21,22)20(3)8-13-17-18-15(23-13)11-6-4-5-7-12(11)16/h4-7H,8H2,1-3H3. The fourth-order valence-corrected chi connectivity index (χ4v) is 4.19. The number of sulfonamides is 1. The summed E-state index contributed by atoms with van der Waals surface area (Å²) < 4.78 is 37.9. The van der Waals surface area contributed by atoms with Crippen molar-refractivity contribution in [3.63, 3.8) is 0 Å². The van der Waals surface area contributed by atoms with Gasteiger partial charge >= 0.3 is 0 Å². The maximum atomic E-state index is 12.7. The van der Waals surface area contributed by atoms with E-state index < -0.39 is 10.0 Å². The Morgan fingerprint density at radius 1 is 1.20 bits per heavy atom. The van der Waals surface area contributed by atoms with E-state index in [1.54, 1.807) is 13.8 Å². The largest absolute Gasteiger partial charge is 0.419 e. The van der Waals surface area contributed by atoms with Gasteiger partial charge in [-0.25, -0.2) is 8.42 Å². The Bertz CT molecular complexity index is 993. The molecule has 0 aliphatic rings. The van der Waals surface area contributed by atoms with Crippen LogP contribution in [-0.4, -0.2) is 35.1 Å². The zero-order chi connectivity index (χ0) is 18.2. The van der Waals surface area contributed by atoms with Gasteiger partial charge in [0.15, 0.2) is 5.76 Å². The number of aromatic nitrogens is 3. The van der Waals surface area contributed by atoms with E-state index >= 15 is 0 Å². The maximum absolute atomic E-state index is 12.7. The van der Waals surface area contributed by atoms with E-state index in [1.165, 1.54) is 7.05 Å². The van der Waals surface area contributed by atoms with Gasteiger partial charge in [0.25, 0.3) is 0 Å². The summed E-state index contributed by atoms with van der Waals surface area (Å²) in [6.45, 7) is 3.07. The molecule has 2 heterocycles. The van der Waals surface area contributed by atoms with Crippen molar-refractivity contribution >= 4 is 26.0 Å². The highest BCUT2D eigenvalue weighted by molar-refractivity contribution is 9.10. The topological polar surface area (TPSA) is 102 Å². The van der Waals surface area contributed by atoms with Gasteiger partial charge in [0, 0.05) is 11.5 Å². The van der Waals surface area contributed by atoms with Crippen LogP contribution in [0.1, 0.15) is 17.3 Å². The van der Waals surface area contributed by atoms with E-state index in [1.807, 2.05) is 24.3 Å². The van der Waals surface area contributed by atoms with Crippen LogP contribution in [0.3, 0.4) is 0 Å². The van der Waals surface area contributed by atoms with Crippen LogP contribution in [0, 0.1) is 13.8 Å². The zero-order valence-electron chi connectivity index (χ0n) is 13.7. The van der Waals surface area contributed by atoms with E-state index in [0.717, 1.165) is 14.3 Å². The second kappa shape index (κ2) is 6.70. The first kappa shape index (κ1) is 17.8. The van der Waals surface area contributed by atoms with Gasteiger partial charge in [0.2, 0.25) is 21.8 Å². The summed E-state index contributed by atoms with van der Waals surface area (Å²) in [6.07, 6.45) is 0. The lowest BCUT2D eigenvalue weighted by atomic mass is 10.2. The van der Waals surface area contributed by atoms with Crippen LogP contribution in [0.4, 0.5) is 0 Å². The molecule has 0 atom stereocenters. The normalized spacial score (nSPS) is 12.0. The smallest absolute Gasteiger partial charge is 0.248 e. The molecule has 2 aromatic heterocycles. The molecule has 0 saturated heterocycles. The monoisotopic (exact) mass is 426 g/mol. The number of benzene rings is 1. The van der Waals surface area contributed by atoms with Crippen LogP contribution in [0.25, 0.3) is 11.5 Å². The molecule has 0 saturated carbocycles. The number of hydrogen-bond donors (Lipinski definition) is 0. The average molecular weight is 427 g/mol. The second-order valence-electron chi connectivity index (χ2n) is 5.40. The summed E-state index contributed by atoms with van der Waals surface area (Å²) >= 11 is 3.42. The van der Waals surface area contributed by atoms with Crippen molar-refractivity contribution in [3.05, 3.63) is 46.1 Å². The molecule has 0 N–H and O–H groups in total. The highest BCUT2D eigenvalue weighted by atomic mass is 79.9. The summed E-state index contributed by atoms with van der Waals surface area (Å²) in [5.74, 6) is 0.734. The molecule has 0 bridgehead atoms. The molecule has 0 unspecified atom stereocenters. The SMILES string of the molecule is Cc1noc(C)c1S(=O)(=O)N(C)Cc1nnc(-c2ccccc2Br)o1. The molecule has 1 aromatic carbocycles. The molecule has 10 heteroatoms. The lowest BCUT2D eigenvalue weighted by Gasteiger charge is -2.14. The van der Waals surface area contributed by atoms with Crippen LogP contribution >= 0.6 is 15.9 Å². The van der Waals surface area contributed by atoms with Crippen molar-refractivity contribution in [2.45, 2.75) is 25.3 Å². The van der Waals surface area contributed by atoms with Gasteiger partial charge in [-0.15, -0.1) is 10.2 Å². The highest BCUT2D eigenvalue weighted by Gasteiger charge is 2.29. The molecule has 0 fully saturated rings. The summed E-state index contributed by atoms with van der Waals surface area (Å²) in [4.78, 5) is 0.0561. The second-order valence-corrected chi connectivity index (χ2v) is 8.23. The van der Waals surface area contributed by atoms with Crippen molar-refractivity contribution in [1.29, 1.82) is 0 Å². The molecule has 0 aliphatic heterocycles. The number of hydrogen-bond acceptors (Lipinski definition) is 7. The molecular formula is C15H15BrN4O4S. The molecule has 0 radical (unpaired) electrons. The Balaban J connectivity index is 1.85. The van der Waals surface area contributed by atoms with Crippen molar-refractivity contribution in [2.75, 3.05) is 7.05 Å². The zero-order valence-corrected chi connectivity index (χ0v) is 16.1. The van der Waals surface area contributed by atoms with Crippen LogP contribution in [-0.2, 0) is 16.6 Å². The minimum Gasteiger partial charge on any atom is -0.419 e. The van der Waals surface area contributed by atoms with Gasteiger partial charge in [-0.05, 0) is 41.9 Å². The third-order valence-corrected chi connectivity index (χ3v) is 6.31. The molecule has 8 nitrogen and oxygen atoms in total. The summed E-state index contributed by atoms with van der Waals surface area (Å²) in [5, 5.41) is 11.6. The van der Waals surface area contributed by atoms with E-state index in [-0.39, 0.29) is 23.1 Å². The maximum Gasteiger partial charge on any atom is 0.248 e. The number of rotatable bonds is 5. The molecule has 0 spiro atoms. The van der Waals surface area contributed by atoms with Gasteiger partial charge < -0.3 is 8.94 Å². The third kappa shape index (κ3) is 3.37. The molecule has 0 amide bonds. The van der Waals surface area contributed by atoms with E-state index in [9.17, 15) is 8.42 Å². The lowest BCUT2D eigenvalue weighted by Crippen LogP contribution is -2.27. The predicted octanol–water partition coefficient (Wildman–Crippen LogP) is 2.92. The summed E-state index contributed by atoms with van der Waals surface area (Å²) in [5.41, 5.74) is 1.04. The fraction of sp³-hybridized carbons (Fsp3) is 0.267. The van der Waals surface area contributed by atoms with E-state index in [2.05, 4.69) is 31.3 Å². The van der Waals surface area contributed by atoms with Gasteiger partial charge in [0.1, 0.15) is 10.6 Å². The first-order valence-corrected chi connectivity index (χ1v) is 9.50. The molecule has 25 heavy (non-hydrogen) atoms. The Labute approximate surface area is 153 Å². The van der Waals surface area contributed by atoms with Gasteiger partial charge in [-0.2, -0.15) is 4.31 Å². The summed E-state index contributed by atoms with van der Waals surface area (Å²) in [7, 11) is -2.34. The first-order valence-electron chi connectivity index (χ1n) is 7.27. The average Bonchev–Trinajstić information content (AvgIpc) is 3.14. The van der Waals surface area contributed by atoms with Gasteiger partial charge in [-0.1, -0.05) is 17.3 Å². The predicted molar refractivity (Wildman–Crippen MR) is 92.1 cm³/mol. The number of aryl methyl sites for hydroxylation is 2. The summed E-state index contributed by atoms with van der Waals surface area (Å²) in [6, 6.07) is 7.39. The highest BCUT2D eigenvalue weighted by Crippen LogP contribution is 2.28. The van der Waals surface area contributed by atoms with Crippen LogP contribution < -0.4 is 0 Å². The van der Waals surface area contributed by atoms with E-state index in [4.69, 9.17) is 8.94 Å². The van der Waals surface area contributed by atoms with E-state index in [0.29, 0.717) is 11.6 Å². The Morgan fingerprint density at radius 2 is 1.92 bits per heavy atom. The van der Waals surface area contributed by atoms with Crippen molar-refractivity contribution in [1.82, 2.24) is 19.7 Å². The first-order chi connectivity index (χ1) is 11.8. The Kier molecular flexibility index (Phi) is 4.76. The number of nitrogens with zero attached hydrogens (tertiary/aromatic N) is 4. The quantitative estimate of drug-likeness (QED) is 0.617. The van der Waals surface area contributed by atoms with Crippen LogP contribution in [0.5, 0.6) is 0 Å². The van der Waals surface area contributed by atoms with Crippen molar-refractivity contribution in [3.8, 4) is 11.5 Å². The minimum absolute atomic E-state index is 0.0561. The van der Waals surface area contributed by atoms with Crippen molar-refractivity contribution in [2.24, 2.45) is 0 Å². The Hall–Kier alpha value is -2.04. The van der Waals surface area contributed by atoms with Gasteiger partial charge in [-0.3, -0.25) is 0 Å². The lowest BCUT2D eigenvalue weighted by molar-refractivity contribution is 0.386. The molecule has 3 aromatic rings. The third-order valence-electron chi connectivity index (χ3n) is 3.57. The van der Waals surface area contributed by atoms with Crippen LogP contribution in [0.15, 0.2) is 42.6 Å². The van der Waals surface area contributed by atoms with Crippen LogP contribution in [0.2, 0.25) is 0 Å². The molecule has 3 rings (SSSR count). The molecule has 0 aliphatic carbocycles. The fourth-order valence-electron chi connectivity index (χ4n) is 2.34. The van der Waals surface area contributed by atoms with Crippen molar-refractivity contribution < 1.29 is 17.4 Å². The minimum atomic E-state index is -3.78. The molecule has 132 valence electrons. The Morgan fingerprint density at radius 3 is 2.56 bits per heavy atom.